The molecule has 1 atom stereocenters. The predicted octanol–water partition coefficient (Wildman–Crippen LogP) is 2.73. The molecule has 0 aromatic heterocycles. The minimum Gasteiger partial charge on any atom is -0.392 e. The van der Waals surface area contributed by atoms with E-state index < -0.39 is 10.0 Å². The van der Waals surface area contributed by atoms with Crippen molar-refractivity contribution in [3.05, 3.63) is 29.3 Å². The molecule has 0 heterocycles. The van der Waals surface area contributed by atoms with Crippen LogP contribution < -0.4 is 4.72 Å². The van der Waals surface area contributed by atoms with Gasteiger partial charge in [0.1, 0.15) is 0 Å². The van der Waals surface area contributed by atoms with Crippen molar-refractivity contribution in [3.8, 4) is 0 Å². The van der Waals surface area contributed by atoms with Gasteiger partial charge in [-0.05, 0) is 49.8 Å². The fourth-order valence-corrected chi connectivity index (χ4v) is 4.68. The van der Waals surface area contributed by atoms with E-state index in [1.54, 1.807) is 25.1 Å². The first-order chi connectivity index (χ1) is 9.94. The lowest BCUT2D eigenvalue weighted by Gasteiger charge is -2.28. The summed E-state index contributed by atoms with van der Waals surface area (Å²) < 4.78 is 28.0. The fraction of sp³-hybridized carbons (Fsp3) is 0.625. The third kappa shape index (κ3) is 4.05. The van der Waals surface area contributed by atoms with Crippen LogP contribution in [0.2, 0.25) is 0 Å². The highest BCUT2D eigenvalue weighted by atomic mass is 32.2. The lowest BCUT2D eigenvalue weighted by Crippen LogP contribution is -2.39. The van der Waals surface area contributed by atoms with Crippen LogP contribution in [-0.4, -0.2) is 19.6 Å². The molecule has 0 bridgehead atoms. The largest absolute Gasteiger partial charge is 0.392 e. The molecule has 1 saturated carbocycles. The van der Waals surface area contributed by atoms with Crippen molar-refractivity contribution in [1.82, 2.24) is 4.72 Å². The monoisotopic (exact) mass is 311 g/mol. The Bertz CT molecular complexity index is 577. The van der Waals surface area contributed by atoms with Gasteiger partial charge in [0, 0.05) is 6.04 Å². The van der Waals surface area contributed by atoms with Gasteiger partial charge in [-0.3, -0.25) is 0 Å². The summed E-state index contributed by atoms with van der Waals surface area (Å²) in [6.07, 6.45) is 5.83. The predicted molar refractivity (Wildman–Crippen MR) is 83.5 cm³/mol. The first kappa shape index (κ1) is 16.5. The topological polar surface area (TPSA) is 66.4 Å². The lowest BCUT2D eigenvalue weighted by atomic mass is 9.85. The van der Waals surface area contributed by atoms with Gasteiger partial charge in [-0.25, -0.2) is 13.1 Å². The average molecular weight is 311 g/mol. The number of aliphatic hydroxyl groups is 1. The SMILES string of the molecule is Cc1ccc(CO)cc1S(=O)(=O)NC(C)C1CCCCC1. The zero-order valence-electron chi connectivity index (χ0n) is 12.8. The summed E-state index contributed by atoms with van der Waals surface area (Å²) in [7, 11) is -3.53. The van der Waals surface area contributed by atoms with Gasteiger partial charge in [0.2, 0.25) is 10.0 Å². The van der Waals surface area contributed by atoms with Crippen molar-refractivity contribution in [3.63, 3.8) is 0 Å². The number of benzene rings is 1. The van der Waals surface area contributed by atoms with E-state index in [4.69, 9.17) is 0 Å². The molecule has 5 heteroatoms. The molecule has 0 radical (unpaired) electrons. The fourth-order valence-electron chi connectivity index (χ4n) is 3.07. The molecule has 2 N–H and O–H groups in total. The summed E-state index contributed by atoms with van der Waals surface area (Å²) in [5.74, 6) is 0.426. The Hall–Kier alpha value is -0.910. The van der Waals surface area contributed by atoms with Crippen molar-refractivity contribution in [2.75, 3.05) is 0 Å². The Morgan fingerprint density at radius 3 is 2.57 bits per heavy atom. The van der Waals surface area contributed by atoms with E-state index in [9.17, 15) is 13.5 Å². The number of rotatable bonds is 5. The number of hydrogen-bond acceptors (Lipinski definition) is 3. The molecule has 21 heavy (non-hydrogen) atoms. The van der Waals surface area contributed by atoms with Crippen LogP contribution in [0.3, 0.4) is 0 Å². The molecule has 2 rings (SSSR count). The molecule has 0 saturated heterocycles. The van der Waals surface area contributed by atoms with Crippen LogP contribution in [0.25, 0.3) is 0 Å². The quantitative estimate of drug-likeness (QED) is 0.878. The van der Waals surface area contributed by atoms with E-state index in [0.717, 1.165) is 12.8 Å². The van der Waals surface area contributed by atoms with E-state index in [0.29, 0.717) is 17.0 Å². The summed E-state index contributed by atoms with van der Waals surface area (Å²) in [6, 6.07) is 5.00. The Labute approximate surface area is 127 Å². The molecular weight excluding hydrogens is 286 g/mol. The van der Waals surface area contributed by atoms with E-state index in [1.807, 2.05) is 6.92 Å². The van der Waals surface area contributed by atoms with Gasteiger partial charge in [0.25, 0.3) is 0 Å². The van der Waals surface area contributed by atoms with Crippen molar-refractivity contribution in [2.45, 2.75) is 63.5 Å². The van der Waals surface area contributed by atoms with Crippen LogP contribution in [0.15, 0.2) is 23.1 Å². The molecule has 0 amide bonds. The third-order valence-electron chi connectivity index (χ3n) is 4.42. The minimum atomic E-state index is -3.53. The van der Waals surface area contributed by atoms with Gasteiger partial charge in [-0.15, -0.1) is 0 Å². The number of hydrogen-bond donors (Lipinski definition) is 2. The lowest BCUT2D eigenvalue weighted by molar-refractivity contribution is 0.281. The normalized spacial score (nSPS) is 18.6. The molecule has 1 aromatic carbocycles. The molecule has 4 nitrogen and oxygen atoms in total. The summed E-state index contributed by atoms with van der Waals surface area (Å²) >= 11 is 0. The second-order valence-electron chi connectivity index (χ2n) is 6.07. The first-order valence-electron chi connectivity index (χ1n) is 7.67. The molecule has 118 valence electrons. The van der Waals surface area contributed by atoms with E-state index in [1.165, 1.54) is 19.3 Å². The third-order valence-corrected chi connectivity index (χ3v) is 6.12. The maximum atomic E-state index is 12.6. The molecule has 1 aromatic rings. The van der Waals surface area contributed by atoms with Gasteiger partial charge < -0.3 is 5.11 Å². The van der Waals surface area contributed by atoms with Gasteiger partial charge in [0.05, 0.1) is 11.5 Å². The summed E-state index contributed by atoms with van der Waals surface area (Å²) in [5.41, 5.74) is 1.32. The van der Waals surface area contributed by atoms with Crippen LogP contribution in [0.4, 0.5) is 0 Å². The minimum absolute atomic E-state index is 0.0486. The van der Waals surface area contributed by atoms with Gasteiger partial charge >= 0.3 is 0 Å². The van der Waals surface area contributed by atoms with E-state index in [-0.39, 0.29) is 17.5 Å². The van der Waals surface area contributed by atoms with Crippen LogP contribution in [0.1, 0.15) is 50.2 Å². The second kappa shape index (κ2) is 6.90. The molecular formula is C16H25NO3S. The van der Waals surface area contributed by atoms with Gasteiger partial charge in [-0.1, -0.05) is 31.4 Å². The Morgan fingerprint density at radius 2 is 1.95 bits per heavy atom. The maximum Gasteiger partial charge on any atom is 0.241 e. The highest BCUT2D eigenvalue weighted by Crippen LogP contribution is 2.27. The van der Waals surface area contributed by atoms with Gasteiger partial charge in [-0.2, -0.15) is 0 Å². The zero-order valence-corrected chi connectivity index (χ0v) is 13.6. The van der Waals surface area contributed by atoms with Gasteiger partial charge in [0.15, 0.2) is 0 Å². The Morgan fingerprint density at radius 1 is 1.29 bits per heavy atom. The van der Waals surface area contributed by atoms with E-state index >= 15 is 0 Å². The van der Waals surface area contributed by atoms with Crippen LogP contribution >= 0.6 is 0 Å². The smallest absolute Gasteiger partial charge is 0.241 e. The number of nitrogens with one attached hydrogen (secondary N) is 1. The summed E-state index contributed by atoms with van der Waals surface area (Å²) in [5, 5.41) is 9.19. The Kier molecular flexibility index (Phi) is 5.41. The standard InChI is InChI=1S/C16H25NO3S/c1-12-8-9-14(11-18)10-16(12)21(19,20)17-13(2)15-6-4-3-5-7-15/h8-10,13,15,17-18H,3-7,11H2,1-2H3. The zero-order chi connectivity index (χ0) is 15.5. The summed E-state index contributed by atoms with van der Waals surface area (Å²) in [4.78, 5) is 0.275. The maximum absolute atomic E-state index is 12.6. The van der Waals surface area contributed by atoms with Crippen LogP contribution in [-0.2, 0) is 16.6 Å². The number of sulfonamides is 1. The molecule has 0 aliphatic heterocycles. The average Bonchev–Trinajstić information content (AvgIpc) is 2.48. The van der Waals surface area contributed by atoms with E-state index in [2.05, 4.69) is 4.72 Å². The second-order valence-corrected chi connectivity index (χ2v) is 7.75. The Balaban J connectivity index is 2.17. The summed E-state index contributed by atoms with van der Waals surface area (Å²) in [6.45, 7) is 3.58. The van der Waals surface area contributed by atoms with Crippen molar-refractivity contribution >= 4 is 10.0 Å². The number of aliphatic hydroxyl groups excluding tert-OH is 1. The highest BCUT2D eigenvalue weighted by Gasteiger charge is 2.26. The van der Waals surface area contributed by atoms with Crippen molar-refractivity contribution < 1.29 is 13.5 Å². The number of aryl methyl sites for hydroxylation is 1. The first-order valence-corrected chi connectivity index (χ1v) is 9.15. The van der Waals surface area contributed by atoms with Crippen molar-refractivity contribution in [1.29, 1.82) is 0 Å². The van der Waals surface area contributed by atoms with Crippen LogP contribution in [0.5, 0.6) is 0 Å². The van der Waals surface area contributed by atoms with Crippen molar-refractivity contribution in [2.24, 2.45) is 5.92 Å². The molecule has 1 fully saturated rings. The highest BCUT2D eigenvalue weighted by molar-refractivity contribution is 7.89. The molecule has 1 aliphatic rings. The molecule has 0 spiro atoms. The molecule has 1 unspecified atom stereocenters. The van der Waals surface area contributed by atoms with Crippen LogP contribution in [0, 0.1) is 12.8 Å². The molecule has 1 aliphatic carbocycles.